The number of nitrogens with zero attached hydrogens (tertiary/aromatic N) is 1. The minimum absolute atomic E-state index is 0.184. The molecule has 2 aromatic rings. The van der Waals surface area contributed by atoms with Gasteiger partial charge in [-0.3, -0.25) is 0 Å². The Hall–Kier alpha value is -1.05. The molecule has 0 saturated heterocycles. The zero-order valence-electron chi connectivity index (χ0n) is 9.45. The Balaban J connectivity index is 2.65. The summed E-state index contributed by atoms with van der Waals surface area (Å²) in [4.78, 5) is 0.440. The van der Waals surface area contributed by atoms with Crippen LogP contribution in [0.1, 0.15) is 17.4 Å². The molecular weight excluding hydrogens is 289 g/mol. The molecule has 0 unspecified atom stereocenters. The largest absolute Gasteiger partial charge is 0.369 e. The van der Waals surface area contributed by atoms with Crippen molar-refractivity contribution in [3.63, 3.8) is 0 Å². The molecule has 1 N–H and O–H groups in total. The highest BCUT2D eigenvalue weighted by Gasteiger charge is 2.35. The van der Waals surface area contributed by atoms with Crippen molar-refractivity contribution in [1.82, 2.24) is 4.37 Å². The van der Waals surface area contributed by atoms with Gasteiger partial charge in [0.05, 0.1) is 9.90 Å². The first kappa shape index (κ1) is 13.4. The highest BCUT2D eigenvalue weighted by molar-refractivity contribution is 7.07. The summed E-state index contributed by atoms with van der Waals surface area (Å²) in [5.41, 5.74) is -0.834. The first-order valence-electron chi connectivity index (χ1n) is 5.12. The van der Waals surface area contributed by atoms with E-state index in [4.69, 9.17) is 23.2 Å². The average molecular weight is 298 g/mol. The molecule has 5 heteroatoms. The highest BCUT2D eigenvalue weighted by Crippen LogP contribution is 2.40. The fourth-order valence-corrected chi connectivity index (χ4v) is 2.93. The number of benzene rings is 1. The van der Waals surface area contributed by atoms with Crippen LogP contribution in [0.15, 0.2) is 30.3 Å². The first-order chi connectivity index (χ1) is 8.59. The minimum atomic E-state index is -1.47. The van der Waals surface area contributed by atoms with Gasteiger partial charge in [-0.25, -0.2) is 0 Å². The van der Waals surface area contributed by atoms with Gasteiger partial charge < -0.3 is 5.11 Å². The molecule has 0 radical (unpaired) electrons. The van der Waals surface area contributed by atoms with Gasteiger partial charge in [-0.1, -0.05) is 59.5 Å². The number of aliphatic hydroxyl groups is 1. The lowest BCUT2D eigenvalue weighted by Gasteiger charge is -2.21. The van der Waals surface area contributed by atoms with Gasteiger partial charge in [-0.05, 0) is 18.5 Å². The maximum absolute atomic E-state index is 10.8. The second kappa shape index (κ2) is 5.29. The van der Waals surface area contributed by atoms with E-state index in [-0.39, 0.29) is 10.2 Å². The van der Waals surface area contributed by atoms with E-state index in [0.29, 0.717) is 10.4 Å². The summed E-state index contributed by atoms with van der Waals surface area (Å²) in [6.45, 7) is 1.66. The molecule has 18 heavy (non-hydrogen) atoms. The van der Waals surface area contributed by atoms with Gasteiger partial charge in [0, 0.05) is 5.56 Å². The van der Waals surface area contributed by atoms with Crippen LogP contribution in [0.3, 0.4) is 0 Å². The van der Waals surface area contributed by atoms with Crippen LogP contribution in [0, 0.1) is 11.8 Å². The molecular formula is C13H9Cl2NOS. The minimum Gasteiger partial charge on any atom is -0.369 e. The lowest BCUT2D eigenvalue weighted by Crippen LogP contribution is -2.24. The van der Waals surface area contributed by atoms with Crippen LogP contribution < -0.4 is 0 Å². The maximum Gasteiger partial charge on any atom is 0.189 e. The standard InChI is InChI=1S/C13H9Cl2NOS/c1-2-8-13(17,9-6-4-3-5-7-9)11-10(14)12(15)16-18-11/h3-7,17H,1H3/t13-/m0/s1. The van der Waals surface area contributed by atoms with Crippen LogP contribution in [0.4, 0.5) is 0 Å². The molecule has 0 fully saturated rings. The number of halogens is 2. The smallest absolute Gasteiger partial charge is 0.189 e. The zero-order valence-corrected chi connectivity index (χ0v) is 11.8. The maximum atomic E-state index is 10.8. The van der Waals surface area contributed by atoms with Crippen molar-refractivity contribution in [2.75, 3.05) is 0 Å². The van der Waals surface area contributed by atoms with Gasteiger partial charge in [-0.2, -0.15) is 4.37 Å². The van der Waals surface area contributed by atoms with Gasteiger partial charge in [0.25, 0.3) is 0 Å². The predicted octanol–water partition coefficient (Wildman–Crippen LogP) is 3.71. The topological polar surface area (TPSA) is 33.1 Å². The van der Waals surface area contributed by atoms with Crippen LogP contribution in [-0.4, -0.2) is 9.48 Å². The molecule has 1 atom stereocenters. The van der Waals surface area contributed by atoms with E-state index >= 15 is 0 Å². The Morgan fingerprint density at radius 2 is 1.94 bits per heavy atom. The van der Waals surface area contributed by atoms with Crippen molar-refractivity contribution in [2.24, 2.45) is 0 Å². The summed E-state index contributed by atoms with van der Waals surface area (Å²) in [5.74, 6) is 5.50. The quantitative estimate of drug-likeness (QED) is 0.857. The third-order valence-corrected chi connectivity index (χ3v) is 4.33. The predicted molar refractivity (Wildman–Crippen MR) is 75.0 cm³/mol. The van der Waals surface area contributed by atoms with E-state index < -0.39 is 5.60 Å². The van der Waals surface area contributed by atoms with Crippen molar-refractivity contribution in [3.05, 3.63) is 50.9 Å². The molecule has 1 heterocycles. The van der Waals surface area contributed by atoms with Crippen LogP contribution >= 0.6 is 34.7 Å². The third-order valence-electron chi connectivity index (χ3n) is 2.42. The Morgan fingerprint density at radius 1 is 1.28 bits per heavy atom. The SMILES string of the molecule is CC#C[C@](O)(c1ccccc1)c1snc(Cl)c1Cl. The van der Waals surface area contributed by atoms with E-state index in [0.717, 1.165) is 11.5 Å². The molecule has 2 nitrogen and oxygen atoms in total. The van der Waals surface area contributed by atoms with Crippen molar-refractivity contribution < 1.29 is 5.11 Å². The summed E-state index contributed by atoms with van der Waals surface area (Å²) in [6.07, 6.45) is 0. The monoisotopic (exact) mass is 297 g/mol. The van der Waals surface area contributed by atoms with Gasteiger partial charge >= 0.3 is 0 Å². The van der Waals surface area contributed by atoms with Crippen LogP contribution in [0.25, 0.3) is 0 Å². The van der Waals surface area contributed by atoms with Crippen molar-refractivity contribution in [2.45, 2.75) is 12.5 Å². The van der Waals surface area contributed by atoms with Gasteiger partial charge in [0.2, 0.25) is 0 Å². The van der Waals surface area contributed by atoms with E-state index in [9.17, 15) is 5.11 Å². The number of rotatable bonds is 2. The molecule has 0 aliphatic rings. The summed E-state index contributed by atoms with van der Waals surface area (Å²) < 4.78 is 3.94. The second-order valence-electron chi connectivity index (χ2n) is 3.57. The Morgan fingerprint density at radius 3 is 2.44 bits per heavy atom. The third kappa shape index (κ3) is 2.25. The molecule has 0 spiro atoms. The Bertz CT molecular complexity index is 615. The number of hydrogen-bond donors (Lipinski definition) is 1. The lowest BCUT2D eigenvalue weighted by molar-refractivity contribution is 0.149. The molecule has 0 saturated carbocycles. The van der Waals surface area contributed by atoms with E-state index in [1.54, 1.807) is 19.1 Å². The van der Waals surface area contributed by atoms with Crippen molar-refractivity contribution in [1.29, 1.82) is 0 Å². The van der Waals surface area contributed by atoms with Crippen LogP contribution in [0.2, 0.25) is 10.2 Å². The Labute approximate surface area is 119 Å². The first-order valence-corrected chi connectivity index (χ1v) is 6.65. The van der Waals surface area contributed by atoms with E-state index in [2.05, 4.69) is 16.2 Å². The average Bonchev–Trinajstić information content (AvgIpc) is 2.72. The van der Waals surface area contributed by atoms with Crippen LogP contribution in [0.5, 0.6) is 0 Å². The molecule has 0 bridgehead atoms. The van der Waals surface area contributed by atoms with Gasteiger partial charge in [-0.15, -0.1) is 5.92 Å². The lowest BCUT2D eigenvalue weighted by atomic mass is 9.93. The normalized spacial score (nSPS) is 13.6. The summed E-state index contributed by atoms with van der Waals surface area (Å²) in [6, 6.07) is 9.09. The number of hydrogen-bond acceptors (Lipinski definition) is 3. The zero-order chi connectivity index (χ0) is 13.2. The Kier molecular flexibility index (Phi) is 3.94. The van der Waals surface area contributed by atoms with E-state index in [1.165, 1.54) is 0 Å². The fraction of sp³-hybridized carbons (Fsp3) is 0.154. The van der Waals surface area contributed by atoms with Gasteiger partial charge in [0.1, 0.15) is 0 Å². The molecule has 1 aromatic carbocycles. The molecule has 1 aromatic heterocycles. The molecule has 0 aliphatic heterocycles. The van der Waals surface area contributed by atoms with E-state index in [1.807, 2.05) is 18.2 Å². The van der Waals surface area contributed by atoms with Crippen molar-refractivity contribution >= 4 is 34.7 Å². The summed E-state index contributed by atoms with van der Waals surface area (Å²) in [7, 11) is 0. The fourth-order valence-electron chi connectivity index (χ4n) is 1.60. The second-order valence-corrected chi connectivity index (χ2v) is 5.08. The van der Waals surface area contributed by atoms with Crippen molar-refractivity contribution in [3.8, 4) is 11.8 Å². The highest BCUT2D eigenvalue weighted by atomic mass is 35.5. The molecule has 2 rings (SSSR count). The number of aromatic nitrogens is 1. The summed E-state index contributed by atoms with van der Waals surface area (Å²) >= 11 is 12.9. The van der Waals surface area contributed by atoms with Crippen LogP contribution in [-0.2, 0) is 5.60 Å². The molecule has 0 aliphatic carbocycles. The summed E-state index contributed by atoms with van der Waals surface area (Å²) in [5, 5.41) is 11.2. The molecule has 92 valence electrons. The molecule has 0 amide bonds. The van der Waals surface area contributed by atoms with Gasteiger partial charge in [0.15, 0.2) is 10.8 Å².